The fraction of sp³-hybridized carbons (Fsp3) is 0.889. The molecule has 2 aliphatic carbocycles. The summed E-state index contributed by atoms with van der Waals surface area (Å²) in [4.78, 5) is 24.5. The Hall–Kier alpha value is -0.860. The molecule has 0 saturated heterocycles. The molecule has 3 atom stereocenters. The zero-order valence-electron chi connectivity index (χ0n) is 13.8. The number of Topliss-reactive ketones (excluding diaryl/α,β-unsaturated/α-hetero) is 1. The van der Waals surface area contributed by atoms with Crippen LogP contribution in [0.15, 0.2) is 0 Å². The Labute approximate surface area is 128 Å². The van der Waals surface area contributed by atoms with E-state index in [9.17, 15) is 9.59 Å². The maximum atomic E-state index is 12.3. The molecule has 2 saturated carbocycles. The third kappa shape index (κ3) is 4.31. The number of esters is 1. The van der Waals surface area contributed by atoms with E-state index in [1.54, 1.807) is 0 Å². The zero-order valence-corrected chi connectivity index (χ0v) is 13.8. The molecule has 3 nitrogen and oxygen atoms in total. The molecule has 0 aromatic carbocycles. The highest BCUT2D eigenvalue weighted by atomic mass is 16.5. The van der Waals surface area contributed by atoms with Crippen LogP contribution in [0, 0.1) is 23.7 Å². The van der Waals surface area contributed by atoms with Gasteiger partial charge < -0.3 is 4.74 Å². The van der Waals surface area contributed by atoms with Crippen molar-refractivity contribution < 1.29 is 14.3 Å². The van der Waals surface area contributed by atoms with Crippen LogP contribution in [0.2, 0.25) is 0 Å². The molecular weight excluding hydrogens is 264 g/mol. The van der Waals surface area contributed by atoms with Gasteiger partial charge in [0.05, 0.1) is 0 Å². The topological polar surface area (TPSA) is 43.4 Å². The van der Waals surface area contributed by atoms with E-state index < -0.39 is 5.97 Å². The molecule has 0 aromatic heterocycles. The highest BCUT2D eigenvalue weighted by Crippen LogP contribution is 2.35. The second-order valence-corrected chi connectivity index (χ2v) is 7.47. The summed E-state index contributed by atoms with van der Waals surface area (Å²) in [6.07, 6.45) is 8.21. The molecule has 0 N–H and O–H groups in total. The van der Waals surface area contributed by atoms with Crippen molar-refractivity contribution in [3.63, 3.8) is 0 Å². The highest BCUT2D eigenvalue weighted by Gasteiger charge is 2.36. The summed E-state index contributed by atoms with van der Waals surface area (Å²) in [5, 5.41) is 0. The third-order valence-electron chi connectivity index (χ3n) is 5.40. The largest absolute Gasteiger partial charge is 0.456 e. The van der Waals surface area contributed by atoms with Crippen LogP contribution < -0.4 is 0 Å². The van der Waals surface area contributed by atoms with Crippen LogP contribution in [-0.2, 0) is 14.3 Å². The van der Waals surface area contributed by atoms with Gasteiger partial charge in [-0.05, 0) is 43.4 Å². The summed E-state index contributed by atoms with van der Waals surface area (Å²) in [6, 6.07) is 0. The van der Waals surface area contributed by atoms with Crippen LogP contribution in [0.5, 0.6) is 0 Å². The van der Waals surface area contributed by atoms with Crippen molar-refractivity contribution in [3.05, 3.63) is 0 Å². The first-order valence-corrected chi connectivity index (χ1v) is 8.73. The molecule has 0 unspecified atom stereocenters. The zero-order chi connectivity index (χ0) is 15.4. The van der Waals surface area contributed by atoms with E-state index in [1.807, 2.05) is 0 Å². The lowest BCUT2D eigenvalue weighted by molar-refractivity contribution is -0.165. The van der Waals surface area contributed by atoms with Gasteiger partial charge in [0.25, 0.3) is 0 Å². The molecule has 0 spiro atoms. The molecule has 0 bridgehead atoms. The lowest BCUT2D eigenvalue weighted by Crippen LogP contribution is -2.39. The molecule has 0 aromatic rings. The van der Waals surface area contributed by atoms with Gasteiger partial charge in [-0.1, -0.05) is 46.5 Å². The van der Waals surface area contributed by atoms with E-state index >= 15 is 0 Å². The summed E-state index contributed by atoms with van der Waals surface area (Å²) in [6.45, 7) is 6.58. The minimum Gasteiger partial charge on any atom is -0.456 e. The SMILES string of the molecule is CC(C)[C@@H]1CC[C@@H](C)C[C@@H]1OC(=O)C(=O)C1CCCCC1. The summed E-state index contributed by atoms with van der Waals surface area (Å²) in [5.74, 6) is 0.582. The Morgan fingerprint density at radius 3 is 2.29 bits per heavy atom. The van der Waals surface area contributed by atoms with Crippen molar-refractivity contribution in [3.8, 4) is 0 Å². The molecule has 120 valence electrons. The second kappa shape index (κ2) is 7.42. The number of hydrogen-bond acceptors (Lipinski definition) is 3. The predicted molar refractivity (Wildman–Crippen MR) is 82.8 cm³/mol. The van der Waals surface area contributed by atoms with Crippen molar-refractivity contribution in [1.29, 1.82) is 0 Å². The number of ketones is 1. The van der Waals surface area contributed by atoms with Gasteiger partial charge in [0.1, 0.15) is 6.10 Å². The van der Waals surface area contributed by atoms with E-state index in [2.05, 4.69) is 20.8 Å². The summed E-state index contributed by atoms with van der Waals surface area (Å²) in [5.41, 5.74) is 0. The number of rotatable bonds is 4. The van der Waals surface area contributed by atoms with Crippen molar-refractivity contribution >= 4 is 11.8 Å². The summed E-state index contributed by atoms with van der Waals surface area (Å²) in [7, 11) is 0. The standard InChI is InChI=1S/C18H30O3/c1-12(2)15-10-9-13(3)11-16(15)21-18(20)17(19)14-7-5-4-6-8-14/h12-16H,4-11H2,1-3H3/t13-,15+,16+/m1/s1. The first-order valence-electron chi connectivity index (χ1n) is 8.73. The van der Waals surface area contributed by atoms with E-state index in [0.717, 1.165) is 38.5 Å². The Morgan fingerprint density at radius 1 is 1.00 bits per heavy atom. The molecular formula is C18H30O3. The number of carbonyl (C=O) groups excluding carboxylic acids is 2. The van der Waals surface area contributed by atoms with Gasteiger partial charge in [-0.3, -0.25) is 4.79 Å². The minimum absolute atomic E-state index is 0.0613. The Morgan fingerprint density at radius 2 is 1.67 bits per heavy atom. The van der Waals surface area contributed by atoms with Crippen molar-refractivity contribution in [2.75, 3.05) is 0 Å². The van der Waals surface area contributed by atoms with Gasteiger partial charge in [0, 0.05) is 5.92 Å². The number of hydrogen-bond donors (Lipinski definition) is 0. The Kier molecular flexibility index (Phi) is 5.83. The molecule has 2 rings (SSSR count). The van der Waals surface area contributed by atoms with Crippen LogP contribution in [0.25, 0.3) is 0 Å². The maximum absolute atomic E-state index is 12.3. The highest BCUT2D eigenvalue weighted by molar-refractivity contribution is 6.34. The van der Waals surface area contributed by atoms with Crippen molar-refractivity contribution in [1.82, 2.24) is 0 Å². The summed E-state index contributed by atoms with van der Waals surface area (Å²) >= 11 is 0. The van der Waals surface area contributed by atoms with Gasteiger partial charge >= 0.3 is 5.97 Å². The second-order valence-electron chi connectivity index (χ2n) is 7.47. The van der Waals surface area contributed by atoms with Gasteiger partial charge in [0.15, 0.2) is 0 Å². The fourth-order valence-electron chi connectivity index (χ4n) is 3.98. The normalized spacial score (nSPS) is 31.1. The van der Waals surface area contributed by atoms with Crippen LogP contribution in [0.3, 0.4) is 0 Å². The molecule has 0 amide bonds. The molecule has 0 radical (unpaired) electrons. The quantitative estimate of drug-likeness (QED) is 0.578. The van der Waals surface area contributed by atoms with Crippen LogP contribution in [-0.4, -0.2) is 17.9 Å². The van der Waals surface area contributed by atoms with Crippen molar-refractivity contribution in [2.45, 2.75) is 78.2 Å². The average molecular weight is 294 g/mol. The maximum Gasteiger partial charge on any atom is 0.375 e. The van der Waals surface area contributed by atoms with E-state index in [1.165, 1.54) is 12.8 Å². The summed E-state index contributed by atoms with van der Waals surface area (Å²) < 4.78 is 5.66. The predicted octanol–water partition coefficient (Wildman–Crippen LogP) is 4.14. The van der Waals surface area contributed by atoms with E-state index in [4.69, 9.17) is 4.74 Å². The lowest BCUT2D eigenvalue weighted by Gasteiger charge is -2.36. The molecule has 3 heteroatoms. The minimum atomic E-state index is -0.563. The molecule has 0 heterocycles. The van der Waals surface area contributed by atoms with Gasteiger partial charge in [-0.25, -0.2) is 4.79 Å². The van der Waals surface area contributed by atoms with Crippen LogP contribution in [0.4, 0.5) is 0 Å². The number of ether oxygens (including phenoxy) is 1. The first kappa shape index (κ1) is 16.5. The van der Waals surface area contributed by atoms with Crippen molar-refractivity contribution in [2.24, 2.45) is 23.7 Å². The van der Waals surface area contributed by atoms with E-state index in [0.29, 0.717) is 17.8 Å². The van der Waals surface area contributed by atoms with E-state index in [-0.39, 0.29) is 17.8 Å². The van der Waals surface area contributed by atoms with Crippen LogP contribution in [0.1, 0.15) is 72.1 Å². The number of carbonyl (C=O) groups is 2. The molecule has 2 fully saturated rings. The Bertz CT molecular complexity index is 369. The monoisotopic (exact) mass is 294 g/mol. The first-order chi connectivity index (χ1) is 9.99. The smallest absolute Gasteiger partial charge is 0.375 e. The molecule has 2 aliphatic rings. The lowest BCUT2D eigenvalue weighted by atomic mass is 9.75. The third-order valence-corrected chi connectivity index (χ3v) is 5.40. The molecule has 21 heavy (non-hydrogen) atoms. The fourth-order valence-corrected chi connectivity index (χ4v) is 3.98. The van der Waals surface area contributed by atoms with Gasteiger partial charge in [-0.15, -0.1) is 0 Å². The van der Waals surface area contributed by atoms with Gasteiger partial charge in [0.2, 0.25) is 5.78 Å². The van der Waals surface area contributed by atoms with Crippen LogP contribution >= 0.6 is 0 Å². The Balaban J connectivity index is 1.94. The average Bonchev–Trinajstić information content (AvgIpc) is 2.47. The van der Waals surface area contributed by atoms with Gasteiger partial charge in [-0.2, -0.15) is 0 Å². The molecule has 0 aliphatic heterocycles.